The smallest absolute Gasteiger partial charge is 0.282 e. The topological polar surface area (TPSA) is 84.5 Å². The second kappa shape index (κ2) is 14.3. The van der Waals surface area contributed by atoms with E-state index in [1.807, 2.05) is 38.1 Å². The van der Waals surface area contributed by atoms with Gasteiger partial charge in [0, 0.05) is 83.5 Å². The Bertz CT molecular complexity index is 1570. The Kier molecular flexibility index (Phi) is 11.0. The lowest BCUT2D eigenvalue weighted by molar-refractivity contribution is -0.116. The maximum Gasteiger partial charge on any atom is 0.282 e. The number of alkyl halides is 2. The fraction of sp³-hybridized carbons (Fsp3) is 0.625. The van der Waals surface area contributed by atoms with Crippen LogP contribution in [0.2, 0.25) is 5.02 Å². The van der Waals surface area contributed by atoms with Crippen LogP contribution in [0.5, 0.6) is 0 Å². The van der Waals surface area contributed by atoms with Gasteiger partial charge in [0.25, 0.3) is 10.2 Å². The van der Waals surface area contributed by atoms with Crippen molar-refractivity contribution in [1.29, 1.82) is 0 Å². The molecule has 1 saturated heterocycles. The lowest BCUT2D eigenvalue weighted by Gasteiger charge is -2.39. The van der Waals surface area contributed by atoms with Gasteiger partial charge in [-0.3, -0.25) is 0 Å². The third-order valence-corrected chi connectivity index (χ3v) is 13.3. The predicted octanol–water partition coefficient (Wildman–Crippen LogP) is 4.78. The van der Waals surface area contributed by atoms with E-state index in [1.165, 1.54) is 12.9 Å². The van der Waals surface area contributed by atoms with Crippen molar-refractivity contribution in [3.05, 3.63) is 58.6 Å². The van der Waals surface area contributed by atoms with Gasteiger partial charge in [0.05, 0.1) is 4.90 Å². The van der Waals surface area contributed by atoms with Crippen LogP contribution in [-0.4, -0.2) is 107 Å². The van der Waals surface area contributed by atoms with Crippen LogP contribution in [0.3, 0.4) is 0 Å². The van der Waals surface area contributed by atoms with Crippen LogP contribution in [0.15, 0.2) is 47.4 Å². The Hall–Kier alpha value is -1.87. The summed E-state index contributed by atoms with van der Waals surface area (Å²) in [6.07, 6.45) is 1.36. The van der Waals surface area contributed by atoms with Crippen LogP contribution >= 0.6 is 11.6 Å². The number of hydrogen-bond donors (Lipinski definition) is 0. The molecule has 3 aliphatic rings. The summed E-state index contributed by atoms with van der Waals surface area (Å²) < 4.78 is 87.9. The Labute approximate surface area is 278 Å². The largest absolute Gasteiger partial charge is 0.378 e. The third kappa shape index (κ3) is 8.40. The molecule has 0 unspecified atom stereocenters. The van der Waals surface area contributed by atoms with E-state index in [4.69, 9.17) is 11.6 Å². The van der Waals surface area contributed by atoms with E-state index in [9.17, 15) is 25.6 Å². The van der Waals surface area contributed by atoms with Crippen molar-refractivity contribution >= 4 is 37.5 Å². The minimum Gasteiger partial charge on any atom is -0.378 e. The van der Waals surface area contributed by atoms with E-state index >= 15 is 0 Å². The predicted molar refractivity (Wildman–Crippen MR) is 178 cm³/mol. The van der Waals surface area contributed by atoms with Gasteiger partial charge >= 0.3 is 0 Å². The third-order valence-electron chi connectivity index (χ3n) is 9.27. The highest BCUT2D eigenvalue weighted by Crippen LogP contribution is 2.42. The first-order valence-corrected chi connectivity index (χ1v) is 19.3. The molecule has 1 saturated carbocycles. The van der Waals surface area contributed by atoms with E-state index in [2.05, 4.69) is 4.90 Å². The molecule has 14 heteroatoms. The van der Waals surface area contributed by atoms with Crippen molar-refractivity contribution in [2.75, 3.05) is 71.4 Å². The van der Waals surface area contributed by atoms with E-state index < -0.39 is 26.2 Å². The minimum atomic E-state index is -3.88. The van der Waals surface area contributed by atoms with Gasteiger partial charge in [0.2, 0.25) is 15.9 Å². The van der Waals surface area contributed by atoms with Crippen molar-refractivity contribution in [3.8, 4) is 0 Å². The summed E-state index contributed by atoms with van der Waals surface area (Å²) in [7, 11) is -3.99. The first-order valence-electron chi connectivity index (χ1n) is 16.0. The van der Waals surface area contributed by atoms with E-state index in [-0.39, 0.29) is 62.3 Å². The normalized spacial score (nSPS) is 23.6. The molecule has 0 N–H and O–H groups in total. The van der Waals surface area contributed by atoms with Gasteiger partial charge in [0.1, 0.15) is 0 Å². The molecular formula is C32H46ClF2N5O4S2. The summed E-state index contributed by atoms with van der Waals surface area (Å²) in [5.41, 5.74) is 2.84. The average Bonchev–Trinajstić information content (AvgIpc) is 2.97. The summed E-state index contributed by atoms with van der Waals surface area (Å²) in [4.78, 5) is 4.18. The highest BCUT2D eigenvalue weighted by atomic mass is 35.5. The molecule has 1 atom stereocenters. The van der Waals surface area contributed by atoms with E-state index in [1.54, 1.807) is 30.3 Å². The van der Waals surface area contributed by atoms with Gasteiger partial charge < -0.3 is 9.80 Å². The van der Waals surface area contributed by atoms with Gasteiger partial charge in [-0.25, -0.2) is 17.2 Å². The van der Waals surface area contributed by atoms with Crippen molar-refractivity contribution in [3.63, 3.8) is 0 Å². The number of fused-ring (bicyclic) bond motifs is 1. The summed E-state index contributed by atoms with van der Waals surface area (Å²) in [5, 5.41) is 0.621. The highest BCUT2D eigenvalue weighted by Gasteiger charge is 2.45. The number of nitrogens with zero attached hydrogens (tertiary/aromatic N) is 5. The zero-order valence-electron chi connectivity index (χ0n) is 26.9. The zero-order chi connectivity index (χ0) is 33.3. The van der Waals surface area contributed by atoms with Gasteiger partial charge in [-0.1, -0.05) is 24.6 Å². The van der Waals surface area contributed by atoms with Crippen LogP contribution in [0.1, 0.15) is 43.7 Å². The van der Waals surface area contributed by atoms with E-state index in [0.717, 1.165) is 16.8 Å². The number of anilines is 1. The molecule has 46 heavy (non-hydrogen) atoms. The molecular weight excluding hydrogens is 656 g/mol. The SMILES string of the molecule is C[C@H]1CN(S(=O)(=O)c2ccc(N(C)C)cc2)CCCN(CC2CC(F)(F)C2)CCCN(S(=O)(=O)N2CCc3cc(Cl)ccc3C2)C1. The molecule has 2 heterocycles. The molecule has 256 valence electrons. The van der Waals surface area contributed by atoms with E-state index in [0.29, 0.717) is 50.5 Å². The minimum absolute atomic E-state index is 0.125. The van der Waals surface area contributed by atoms with Crippen molar-refractivity contribution < 1.29 is 25.6 Å². The lowest BCUT2D eigenvalue weighted by Crippen LogP contribution is -2.50. The van der Waals surface area contributed by atoms with Crippen LogP contribution in [0.25, 0.3) is 0 Å². The second-order valence-electron chi connectivity index (χ2n) is 13.4. The fourth-order valence-electron chi connectivity index (χ4n) is 6.80. The van der Waals surface area contributed by atoms with Crippen LogP contribution in [-0.2, 0) is 33.2 Å². The van der Waals surface area contributed by atoms with Gasteiger partial charge in [-0.15, -0.1) is 0 Å². The maximum atomic E-state index is 14.1. The number of rotatable bonds is 7. The van der Waals surface area contributed by atoms with Crippen LogP contribution in [0.4, 0.5) is 14.5 Å². The molecule has 2 fully saturated rings. The number of benzene rings is 2. The first kappa shape index (κ1) is 35.4. The number of halogens is 3. The molecule has 2 aromatic carbocycles. The number of sulfonamides is 1. The Morgan fingerprint density at radius 1 is 0.848 bits per heavy atom. The van der Waals surface area contributed by atoms with Crippen LogP contribution in [0, 0.1) is 11.8 Å². The molecule has 0 amide bonds. The van der Waals surface area contributed by atoms with Crippen LogP contribution < -0.4 is 4.90 Å². The Morgan fingerprint density at radius 3 is 2.11 bits per heavy atom. The average molecular weight is 702 g/mol. The van der Waals surface area contributed by atoms with Gasteiger partial charge in [0.15, 0.2) is 0 Å². The summed E-state index contributed by atoms with van der Waals surface area (Å²) in [5.74, 6) is -3.03. The van der Waals surface area contributed by atoms with Crippen molar-refractivity contribution in [1.82, 2.24) is 17.8 Å². The molecule has 2 aromatic rings. The lowest BCUT2D eigenvalue weighted by atomic mass is 9.81. The molecule has 0 radical (unpaired) electrons. The fourth-order valence-corrected chi connectivity index (χ4v) is 10.3. The molecule has 0 aromatic heterocycles. The molecule has 0 bridgehead atoms. The van der Waals surface area contributed by atoms with Crippen molar-refractivity contribution in [2.45, 2.75) is 56.4 Å². The molecule has 1 aliphatic carbocycles. The Morgan fingerprint density at radius 2 is 1.48 bits per heavy atom. The summed E-state index contributed by atoms with van der Waals surface area (Å²) in [6, 6.07) is 12.3. The van der Waals surface area contributed by atoms with Gasteiger partial charge in [-0.05, 0) is 91.7 Å². The summed E-state index contributed by atoms with van der Waals surface area (Å²) in [6.45, 7) is 4.85. The summed E-state index contributed by atoms with van der Waals surface area (Å²) >= 11 is 6.17. The van der Waals surface area contributed by atoms with Gasteiger partial charge in [-0.2, -0.15) is 21.3 Å². The Balaban J connectivity index is 1.38. The standard InChI is InChI=1S/C32H46ClF2N5O4S2/c1-25-21-38(45(41,42)31-10-8-30(9-11-31)36(2)3)15-4-13-37(23-26-19-32(34,35)20-26)14-5-16-39(22-25)46(43,44)40-17-12-27-18-29(33)7-6-28(27)24-40/h6-11,18,25-26H,4-5,12-17,19-24H2,1-3H3/t25-/m0/s1. The monoisotopic (exact) mass is 701 g/mol. The molecule has 2 aliphatic heterocycles. The molecule has 9 nitrogen and oxygen atoms in total. The maximum absolute atomic E-state index is 14.1. The first-order chi connectivity index (χ1) is 21.6. The quantitative estimate of drug-likeness (QED) is 0.414. The zero-order valence-corrected chi connectivity index (χ0v) is 29.3. The molecule has 0 spiro atoms. The molecule has 5 rings (SSSR count). The highest BCUT2D eigenvalue weighted by molar-refractivity contribution is 7.89. The van der Waals surface area contributed by atoms with Crippen molar-refractivity contribution in [2.24, 2.45) is 11.8 Å². The second-order valence-corrected chi connectivity index (χ2v) is 17.7. The number of hydrogen-bond acceptors (Lipinski definition) is 6.